The monoisotopic (exact) mass is 261 g/mol. The van der Waals surface area contributed by atoms with Crippen LogP contribution in [0.5, 0.6) is 0 Å². The Morgan fingerprint density at radius 3 is 2.74 bits per heavy atom. The maximum Gasteiger partial charge on any atom is 0.0175 e. The summed E-state index contributed by atoms with van der Waals surface area (Å²) in [5, 5.41) is 3.95. The van der Waals surface area contributed by atoms with Crippen LogP contribution in [0.1, 0.15) is 72.1 Å². The fraction of sp³-hybridized carbons (Fsp3) is 0.889. The van der Waals surface area contributed by atoms with Crippen LogP contribution < -0.4 is 5.32 Å². The van der Waals surface area contributed by atoms with E-state index < -0.39 is 0 Å². The Hall–Kier alpha value is -0.300. The number of nitrogens with one attached hydrogen (secondary N) is 1. The van der Waals surface area contributed by atoms with E-state index in [4.69, 9.17) is 0 Å². The molecule has 3 atom stereocenters. The smallest absolute Gasteiger partial charge is 0.0175 e. The third-order valence-electron chi connectivity index (χ3n) is 6.45. The summed E-state index contributed by atoms with van der Waals surface area (Å²) in [5.74, 6) is 0.962. The normalized spacial score (nSPS) is 40.5. The van der Waals surface area contributed by atoms with Crippen molar-refractivity contribution in [3.63, 3.8) is 0 Å². The van der Waals surface area contributed by atoms with E-state index in [1.54, 1.807) is 5.57 Å². The van der Waals surface area contributed by atoms with Gasteiger partial charge >= 0.3 is 0 Å². The molecular formula is C18H31N. The van der Waals surface area contributed by atoms with E-state index in [1.165, 1.54) is 57.9 Å². The van der Waals surface area contributed by atoms with Crippen molar-refractivity contribution >= 4 is 0 Å². The molecule has 0 aliphatic heterocycles. The first-order valence-electron chi connectivity index (χ1n) is 8.44. The quantitative estimate of drug-likeness (QED) is 0.724. The molecule has 1 unspecified atom stereocenters. The van der Waals surface area contributed by atoms with Gasteiger partial charge in [0.25, 0.3) is 0 Å². The van der Waals surface area contributed by atoms with Crippen molar-refractivity contribution in [1.82, 2.24) is 5.32 Å². The molecule has 0 spiro atoms. The van der Waals surface area contributed by atoms with Gasteiger partial charge in [0.1, 0.15) is 0 Å². The lowest BCUT2D eigenvalue weighted by atomic mass is 9.68. The molecule has 0 heterocycles. The van der Waals surface area contributed by atoms with Crippen LogP contribution in [-0.2, 0) is 0 Å². The number of allylic oxidation sites excluding steroid dienone is 1. The lowest BCUT2D eigenvalue weighted by molar-refractivity contribution is 0.110. The number of rotatable bonds is 4. The Labute approximate surface area is 119 Å². The molecular weight excluding hydrogens is 230 g/mol. The summed E-state index contributed by atoms with van der Waals surface area (Å²) in [6.07, 6.45) is 13.7. The lowest BCUT2D eigenvalue weighted by Gasteiger charge is -2.43. The number of hydrogen-bond donors (Lipinski definition) is 1. The Balaban J connectivity index is 1.56. The minimum absolute atomic E-state index is 0.508. The molecule has 3 aliphatic carbocycles. The van der Waals surface area contributed by atoms with E-state index in [0.717, 1.165) is 12.0 Å². The van der Waals surface area contributed by atoms with E-state index >= 15 is 0 Å². The zero-order valence-corrected chi connectivity index (χ0v) is 13.1. The van der Waals surface area contributed by atoms with E-state index in [1.807, 2.05) is 0 Å². The largest absolute Gasteiger partial charge is 0.313 e. The average Bonchev–Trinajstić information content (AvgIpc) is 2.86. The first kappa shape index (κ1) is 13.7. The summed E-state index contributed by atoms with van der Waals surface area (Å²) in [6.45, 7) is 8.72. The van der Waals surface area contributed by atoms with Gasteiger partial charge < -0.3 is 5.32 Å². The maximum atomic E-state index is 3.95. The minimum atomic E-state index is 0.508. The summed E-state index contributed by atoms with van der Waals surface area (Å²) in [4.78, 5) is 0. The van der Waals surface area contributed by atoms with E-state index in [-0.39, 0.29) is 0 Å². The minimum Gasteiger partial charge on any atom is -0.313 e. The first-order chi connectivity index (χ1) is 9.02. The molecule has 1 nitrogen and oxygen atoms in total. The fourth-order valence-corrected chi connectivity index (χ4v) is 5.32. The summed E-state index contributed by atoms with van der Waals surface area (Å²) >= 11 is 0. The van der Waals surface area contributed by atoms with Crippen LogP contribution >= 0.6 is 0 Å². The number of hydrogen-bond acceptors (Lipinski definition) is 1. The molecule has 0 aromatic heterocycles. The molecule has 2 bridgehead atoms. The molecule has 108 valence electrons. The number of fused-ring (bicyclic) bond motifs is 2. The molecule has 3 rings (SSSR count). The van der Waals surface area contributed by atoms with Crippen molar-refractivity contribution in [1.29, 1.82) is 0 Å². The molecule has 2 fully saturated rings. The highest BCUT2D eigenvalue weighted by molar-refractivity contribution is 5.12. The van der Waals surface area contributed by atoms with Gasteiger partial charge in [0.2, 0.25) is 0 Å². The van der Waals surface area contributed by atoms with Crippen LogP contribution in [0.4, 0.5) is 0 Å². The van der Waals surface area contributed by atoms with E-state index in [2.05, 4.69) is 32.2 Å². The maximum absolute atomic E-state index is 3.95. The van der Waals surface area contributed by atoms with Crippen molar-refractivity contribution in [3.8, 4) is 0 Å². The summed E-state index contributed by atoms with van der Waals surface area (Å²) < 4.78 is 0. The van der Waals surface area contributed by atoms with Crippen molar-refractivity contribution in [2.75, 3.05) is 6.54 Å². The average molecular weight is 261 g/mol. The van der Waals surface area contributed by atoms with Crippen LogP contribution in [0.15, 0.2) is 11.6 Å². The highest BCUT2D eigenvalue weighted by Crippen LogP contribution is 2.62. The Morgan fingerprint density at radius 2 is 2.11 bits per heavy atom. The van der Waals surface area contributed by atoms with Gasteiger partial charge in [-0.05, 0) is 74.7 Å². The van der Waals surface area contributed by atoms with Crippen LogP contribution in [0.3, 0.4) is 0 Å². The molecule has 19 heavy (non-hydrogen) atoms. The molecule has 0 amide bonds. The van der Waals surface area contributed by atoms with Gasteiger partial charge in [-0.15, -0.1) is 0 Å². The van der Waals surface area contributed by atoms with E-state index in [0.29, 0.717) is 10.8 Å². The second-order valence-electron chi connectivity index (χ2n) is 8.16. The summed E-state index contributed by atoms with van der Waals surface area (Å²) in [6, 6.07) is 0.739. The van der Waals surface area contributed by atoms with Crippen LogP contribution in [0.2, 0.25) is 0 Å². The highest BCUT2D eigenvalue weighted by Gasteiger charge is 2.58. The Kier molecular flexibility index (Phi) is 3.53. The third kappa shape index (κ3) is 2.39. The van der Waals surface area contributed by atoms with Crippen molar-refractivity contribution in [2.45, 2.75) is 78.2 Å². The summed E-state index contributed by atoms with van der Waals surface area (Å²) in [5.41, 5.74) is 2.80. The molecule has 0 aromatic carbocycles. The molecule has 0 radical (unpaired) electrons. The SMILES string of the molecule is CC1(C)C(NCCC2=CCCCC2)[C@]2(C)CC[C@H]1C2. The molecule has 0 saturated heterocycles. The van der Waals surface area contributed by atoms with Gasteiger partial charge in [-0.2, -0.15) is 0 Å². The topological polar surface area (TPSA) is 12.0 Å². The zero-order chi connectivity index (χ0) is 13.5. The third-order valence-corrected chi connectivity index (χ3v) is 6.45. The predicted molar refractivity (Wildman–Crippen MR) is 82.2 cm³/mol. The molecule has 1 N–H and O–H groups in total. The van der Waals surface area contributed by atoms with Gasteiger partial charge in [-0.25, -0.2) is 0 Å². The summed E-state index contributed by atoms with van der Waals surface area (Å²) in [7, 11) is 0. The van der Waals surface area contributed by atoms with Crippen molar-refractivity contribution in [2.24, 2.45) is 16.7 Å². The molecule has 0 aromatic rings. The predicted octanol–water partition coefficient (Wildman–Crippen LogP) is 4.68. The second kappa shape index (κ2) is 4.91. The highest BCUT2D eigenvalue weighted by atomic mass is 15.0. The lowest BCUT2D eigenvalue weighted by Crippen LogP contribution is -2.50. The van der Waals surface area contributed by atoms with Crippen LogP contribution in [-0.4, -0.2) is 12.6 Å². The van der Waals surface area contributed by atoms with Crippen LogP contribution in [0, 0.1) is 16.7 Å². The Bertz CT molecular complexity index is 363. The van der Waals surface area contributed by atoms with Crippen molar-refractivity contribution in [3.05, 3.63) is 11.6 Å². The van der Waals surface area contributed by atoms with Gasteiger partial charge in [-0.3, -0.25) is 0 Å². The van der Waals surface area contributed by atoms with Crippen LogP contribution in [0.25, 0.3) is 0 Å². The van der Waals surface area contributed by atoms with Gasteiger partial charge in [0.05, 0.1) is 0 Å². The fourth-order valence-electron chi connectivity index (χ4n) is 5.32. The zero-order valence-electron chi connectivity index (χ0n) is 13.1. The second-order valence-corrected chi connectivity index (χ2v) is 8.16. The molecule has 2 saturated carbocycles. The molecule has 3 aliphatic rings. The Morgan fingerprint density at radius 1 is 1.26 bits per heavy atom. The standard InChI is InChI=1S/C18H31N/c1-17(2)15-9-11-18(3,13-15)16(17)19-12-10-14-7-5-4-6-8-14/h7,15-16,19H,4-6,8-13H2,1-3H3/t15-,16?,18+/m0/s1. The van der Waals surface area contributed by atoms with Gasteiger partial charge in [0.15, 0.2) is 0 Å². The van der Waals surface area contributed by atoms with Crippen molar-refractivity contribution < 1.29 is 0 Å². The van der Waals surface area contributed by atoms with Gasteiger partial charge in [-0.1, -0.05) is 32.4 Å². The first-order valence-corrected chi connectivity index (χ1v) is 8.44. The van der Waals surface area contributed by atoms with Gasteiger partial charge in [0, 0.05) is 6.04 Å². The van der Waals surface area contributed by atoms with E-state index in [9.17, 15) is 0 Å². The molecule has 1 heteroatoms.